The number of nitrogens with zero attached hydrogens (tertiary/aromatic N) is 4. The lowest BCUT2D eigenvalue weighted by Gasteiger charge is -2.14. The third kappa shape index (κ3) is 3.79. The van der Waals surface area contributed by atoms with E-state index in [4.69, 9.17) is 0 Å². The van der Waals surface area contributed by atoms with E-state index >= 15 is 0 Å². The molecule has 3 rings (SSSR count). The molecule has 0 fully saturated rings. The van der Waals surface area contributed by atoms with Gasteiger partial charge in [0, 0.05) is 18.0 Å². The first kappa shape index (κ1) is 14.9. The smallest absolute Gasteiger partial charge is 0.251 e. The highest BCUT2D eigenvalue weighted by Gasteiger charge is 2.11. The van der Waals surface area contributed by atoms with Crippen molar-refractivity contribution in [2.75, 3.05) is 0 Å². The van der Waals surface area contributed by atoms with Crippen LogP contribution in [-0.2, 0) is 6.54 Å². The van der Waals surface area contributed by atoms with Crippen LogP contribution >= 0.6 is 0 Å². The zero-order chi connectivity index (χ0) is 16.1. The Labute approximate surface area is 134 Å². The number of hydrogen-bond acceptors (Lipinski definition) is 4. The number of pyridine rings is 1. The molecule has 0 aliphatic rings. The van der Waals surface area contributed by atoms with Crippen molar-refractivity contribution in [1.82, 2.24) is 25.1 Å². The van der Waals surface area contributed by atoms with Crippen LogP contribution < -0.4 is 5.32 Å². The maximum atomic E-state index is 12.3. The summed E-state index contributed by atoms with van der Waals surface area (Å²) in [4.78, 5) is 20.3. The largest absolute Gasteiger partial charge is 0.345 e. The van der Waals surface area contributed by atoms with E-state index in [1.807, 2.05) is 43.3 Å². The van der Waals surface area contributed by atoms with Gasteiger partial charge in [-0.3, -0.25) is 9.78 Å². The lowest BCUT2D eigenvalue weighted by Crippen LogP contribution is -2.26. The zero-order valence-electron chi connectivity index (χ0n) is 12.8. The lowest BCUT2D eigenvalue weighted by atomic mass is 10.1. The summed E-state index contributed by atoms with van der Waals surface area (Å²) in [5, 5.41) is 7.03. The van der Waals surface area contributed by atoms with Crippen LogP contribution in [0.5, 0.6) is 0 Å². The summed E-state index contributed by atoms with van der Waals surface area (Å²) < 4.78 is 1.74. The van der Waals surface area contributed by atoms with Crippen molar-refractivity contribution in [3.05, 3.63) is 78.1 Å². The molecule has 1 amide bonds. The molecule has 1 N–H and O–H groups in total. The summed E-state index contributed by atoms with van der Waals surface area (Å²) in [5.41, 5.74) is 2.67. The topological polar surface area (TPSA) is 72.7 Å². The molecule has 1 atom stereocenters. The molecule has 6 heteroatoms. The Morgan fingerprint density at radius 1 is 1.22 bits per heavy atom. The van der Waals surface area contributed by atoms with E-state index in [2.05, 4.69) is 20.4 Å². The van der Waals surface area contributed by atoms with Crippen LogP contribution in [0.3, 0.4) is 0 Å². The molecule has 2 heterocycles. The van der Waals surface area contributed by atoms with E-state index in [1.54, 1.807) is 23.4 Å². The monoisotopic (exact) mass is 307 g/mol. The van der Waals surface area contributed by atoms with Crippen molar-refractivity contribution in [3.63, 3.8) is 0 Å². The van der Waals surface area contributed by atoms with Crippen LogP contribution in [-0.4, -0.2) is 25.7 Å². The van der Waals surface area contributed by atoms with Crippen molar-refractivity contribution >= 4 is 5.91 Å². The number of hydrogen-bond donors (Lipinski definition) is 1. The van der Waals surface area contributed by atoms with Gasteiger partial charge in [-0.05, 0) is 36.2 Å². The van der Waals surface area contributed by atoms with E-state index in [0.717, 1.165) is 11.1 Å². The minimum atomic E-state index is -0.103. The second-order valence-electron chi connectivity index (χ2n) is 5.27. The van der Waals surface area contributed by atoms with E-state index in [9.17, 15) is 4.79 Å². The van der Waals surface area contributed by atoms with E-state index in [-0.39, 0.29) is 11.9 Å². The number of carbonyl (C=O) groups is 1. The number of aromatic nitrogens is 4. The fraction of sp³-hybridized carbons (Fsp3) is 0.176. The van der Waals surface area contributed by atoms with E-state index in [0.29, 0.717) is 12.1 Å². The Hall–Kier alpha value is -3.02. The Morgan fingerprint density at radius 2 is 2.04 bits per heavy atom. The number of benzene rings is 1. The van der Waals surface area contributed by atoms with Crippen molar-refractivity contribution < 1.29 is 4.79 Å². The van der Waals surface area contributed by atoms with Crippen molar-refractivity contribution in [3.8, 4) is 0 Å². The highest BCUT2D eigenvalue weighted by Crippen LogP contribution is 2.12. The SMILES string of the molecule is CC(NC(=O)c1ccc(Cn2cncn2)cc1)c1cccnc1. The van der Waals surface area contributed by atoms with Gasteiger partial charge in [-0.25, -0.2) is 9.67 Å². The van der Waals surface area contributed by atoms with Crippen molar-refractivity contribution in [2.45, 2.75) is 19.5 Å². The molecular weight excluding hydrogens is 290 g/mol. The van der Waals surface area contributed by atoms with Crippen molar-refractivity contribution in [2.24, 2.45) is 0 Å². The summed E-state index contributed by atoms with van der Waals surface area (Å²) in [6.07, 6.45) is 6.63. The summed E-state index contributed by atoms with van der Waals surface area (Å²) in [6, 6.07) is 11.2. The Balaban J connectivity index is 1.63. The molecule has 116 valence electrons. The van der Waals surface area contributed by atoms with Gasteiger partial charge in [0.2, 0.25) is 0 Å². The van der Waals surface area contributed by atoms with Crippen LogP contribution in [0, 0.1) is 0 Å². The van der Waals surface area contributed by atoms with Gasteiger partial charge in [-0.15, -0.1) is 0 Å². The number of rotatable bonds is 5. The van der Waals surface area contributed by atoms with Gasteiger partial charge in [0.1, 0.15) is 12.7 Å². The fourth-order valence-corrected chi connectivity index (χ4v) is 2.26. The van der Waals surface area contributed by atoms with Gasteiger partial charge in [-0.2, -0.15) is 5.10 Å². The number of amides is 1. The van der Waals surface area contributed by atoms with E-state index in [1.165, 1.54) is 6.33 Å². The standard InChI is InChI=1S/C17H17N5O/c1-13(16-3-2-8-18-9-16)21-17(23)15-6-4-14(5-7-15)10-22-12-19-11-20-22/h2-9,11-13H,10H2,1H3,(H,21,23). The summed E-state index contributed by atoms with van der Waals surface area (Å²) >= 11 is 0. The molecular formula is C17H17N5O. The maximum absolute atomic E-state index is 12.3. The molecule has 0 aliphatic carbocycles. The van der Waals surface area contributed by atoms with Gasteiger partial charge in [0.15, 0.2) is 0 Å². The predicted octanol–water partition coefficient (Wildman–Crippen LogP) is 2.21. The molecule has 3 aromatic rings. The normalized spacial score (nSPS) is 11.9. The molecule has 0 bridgehead atoms. The second-order valence-corrected chi connectivity index (χ2v) is 5.27. The van der Waals surface area contributed by atoms with Crippen LogP contribution in [0.2, 0.25) is 0 Å². The molecule has 1 unspecified atom stereocenters. The summed E-state index contributed by atoms with van der Waals surface area (Å²) in [5.74, 6) is -0.103. The minimum absolute atomic E-state index is 0.0916. The summed E-state index contributed by atoms with van der Waals surface area (Å²) in [6.45, 7) is 2.57. The third-order valence-corrected chi connectivity index (χ3v) is 3.56. The highest BCUT2D eigenvalue weighted by molar-refractivity contribution is 5.94. The molecule has 0 spiro atoms. The molecule has 0 saturated carbocycles. The van der Waals surface area contributed by atoms with Gasteiger partial charge in [0.05, 0.1) is 12.6 Å². The molecule has 0 radical (unpaired) electrons. The molecule has 2 aromatic heterocycles. The van der Waals surface area contributed by atoms with Gasteiger partial charge in [-0.1, -0.05) is 18.2 Å². The Bertz CT molecular complexity index is 753. The van der Waals surface area contributed by atoms with Gasteiger partial charge in [0.25, 0.3) is 5.91 Å². The Morgan fingerprint density at radius 3 is 2.70 bits per heavy atom. The molecule has 0 saturated heterocycles. The number of nitrogens with one attached hydrogen (secondary N) is 1. The first-order valence-corrected chi connectivity index (χ1v) is 7.34. The quantitative estimate of drug-likeness (QED) is 0.784. The maximum Gasteiger partial charge on any atom is 0.251 e. The lowest BCUT2D eigenvalue weighted by molar-refractivity contribution is 0.0940. The molecule has 0 aliphatic heterocycles. The predicted molar refractivity (Wildman–Crippen MR) is 85.7 cm³/mol. The Kier molecular flexibility index (Phi) is 4.42. The molecule has 6 nitrogen and oxygen atoms in total. The average Bonchev–Trinajstić information content (AvgIpc) is 3.09. The second kappa shape index (κ2) is 6.83. The molecule has 23 heavy (non-hydrogen) atoms. The molecule has 1 aromatic carbocycles. The van der Waals surface area contributed by atoms with Gasteiger partial charge < -0.3 is 5.32 Å². The van der Waals surface area contributed by atoms with Crippen LogP contribution in [0.15, 0.2) is 61.4 Å². The van der Waals surface area contributed by atoms with Crippen molar-refractivity contribution in [1.29, 1.82) is 0 Å². The first-order chi connectivity index (χ1) is 11.2. The third-order valence-electron chi connectivity index (χ3n) is 3.56. The van der Waals surface area contributed by atoms with Crippen LogP contribution in [0.1, 0.15) is 34.5 Å². The van der Waals surface area contributed by atoms with E-state index < -0.39 is 0 Å². The number of carbonyl (C=O) groups excluding carboxylic acids is 1. The average molecular weight is 307 g/mol. The summed E-state index contributed by atoms with van der Waals surface area (Å²) in [7, 11) is 0. The van der Waals surface area contributed by atoms with Crippen LogP contribution in [0.25, 0.3) is 0 Å². The van der Waals surface area contributed by atoms with Gasteiger partial charge >= 0.3 is 0 Å². The zero-order valence-corrected chi connectivity index (χ0v) is 12.8. The highest BCUT2D eigenvalue weighted by atomic mass is 16.1. The minimum Gasteiger partial charge on any atom is -0.345 e. The first-order valence-electron chi connectivity index (χ1n) is 7.34. The van der Waals surface area contributed by atoms with Crippen LogP contribution in [0.4, 0.5) is 0 Å². The fourth-order valence-electron chi connectivity index (χ4n) is 2.26.